The van der Waals surface area contributed by atoms with Crippen LogP contribution in [-0.4, -0.2) is 37.9 Å². The highest BCUT2D eigenvalue weighted by Gasteiger charge is 2.32. The van der Waals surface area contributed by atoms with Crippen molar-refractivity contribution in [1.29, 1.82) is 0 Å². The van der Waals surface area contributed by atoms with E-state index in [-0.39, 0.29) is 0 Å². The van der Waals surface area contributed by atoms with Crippen LogP contribution in [0.5, 0.6) is 0 Å². The van der Waals surface area contributed by atoms with Crippen LogP contribution >= 0.6 is 50.5 Å². The lowest BCUT2D eigenvalue weighted by atomic mass is 10.5. The summed E-state index contributed by atoms with van der Waals surface area (Å²) in [6, 6.07) is 3.72. The Balaban J connectivity index is 4.41. The maximum atomic E-state index is 6.36. The Bertz CT molecular complexity index is 162. The van der Waals surface area contributed by atoms with Crippen LogP contribution in [0, 0.1) is 0 Å². The van der Waals surface area contributed by atoms with Crippen molar-refractivity contribution < 1.29 is 4.43 Å². The van der Waals surface area contributed by atoms with Crippen molar-refractivity contribution in [2.24, 2.45) is 0 Å². The summed E-state index contributed by atoms with van der Waals surface area (Å²) in [5.41, 5.74) is 0. The predicted octanol–water partition coefficient (Wildman–Crippen LogP) is 4.23. The highest BCUT2D eigenvalue weighted by Crippen LogP contribution is 2.28. The molecule has 0 unspecified atom stereocenters. The molecular weight excluding hydrogens is 316 g/mol. The van der Waals surface area contributed by atoms with Crippen LogP contribution in [-0.2, 0) is 4.43 Å². The Morgan fingerprint density at radius 3 is 1.33 bits per heavy atom. The molecule has 110 valence electrons. The van der Waals surface area contributed by atoms with E-state index in [1.54, 1.807) is 0 Å². The predicted molar refractivity (Wildman–Crippen MR) is 100 cm³/mol. The molecule has 0 spiro atoms. The summed E-state index contributed by atoms with van der Waals surface area (Å²) in [6.07, 6.45) is 4.58. The van der Waals surface area contributed by atoms with Crippen molar-refractivity contribution in [1.82, 2.24) is 0 Å². The molecule has 0 amide bonds. The molecule has 0 saturated heterocycles. The molecule has 18 heavy (non-hydrogen) atoms. The van der Waals surface area contributed by atoms with E-state index < -0.39 is 8.32 Å². The Hall–Kier alpha value is 1.58. The molecule has 0 atom stereocenters. The van der Waals surface area contributed by atoms with Gasteiger partial charge in [0.05, 0.1) is 0 Å². The van der Waals surface area contributed by atoms with Gasteiger partial charge in [0.25, 0.3) is 0 Å². The van der Waals surface area contributed by atoms with Crippen LogP contribution in [0.3, 0.4) is 0 Å². The fraction of sp³-hybridized carbons (Fsp3) is 1.00. The van der Waals surface area contributed by atoms with Gasteiger partial charge in [-0.1, -0.05) is 0 Å². The molecule has 6 heteroatoms. The third kappa shape index (κ3) is 9.48. The lowest BCUT2D eigenvalue weighted by molar-refractivity contribution is 0.296. The van der Waals surface area contributed by atoms with E-state index >= 15 is 0 Å². The first-order valence-electron chi connectivity index (χ1n) is 6.82. The maximum Gasteiger partial charge on any atom is 0.192 e. The van der Waals surface area contributed by atoms with Gasteiger partial charge in [0.1, 0.15) is 0 Å². The largest absolute Gasteiger partial charge is 0.417 e. The molecule has 0 bridgehead atoms. The minimum Gasteiger partial charge on any atom is -0.417 e. The molecule has 0 aliphatic carbocycles. The average Bonchev–Trinajstić information content (AvgIpc) is 2.40. The maximum absolute atomic E-state index is 6.36. The van der Waals surface area contributed by atoms with Gasteiger partial charge < -0.3 is 4.43 Å². The zero-order valence-electron chi connectivity index (χ0n) is 11.2. The zero-order valence-corrected chi connectivity index (χ0v) is 15.8. The molecule has 0 rings (SSSR count). The minimum atomic E-state index is -1.58. The van der Waals surface area contributed by atoms with Crippen molar-refractivity contribution in [3.8, 4) is 0 Å². The fourth-order valence-corrected chi connectivity index (χ4v) is 7.87. The van der Waals surface area contributed by atoms with Crippen molar-refractivity contribution in [3.63, 3.8) is 0 Å². The van der Waals surface area contributed by atoms with Gasteiger partial charge in [0, 0.05) is 6.61 Å². The van der Waals surface area contributed by atoms with E-state index in [4.69, 9.17) is 4.43 Å². The Morgan fingerprint density at radius 1 is 0.611 bits per heavy atom. The van der Waals surface area contributed by atoms with Gasteiger partial charge >= 0.3 is 0 Å². The molecular formula is C12H28OS4Si. The third-order valence-electron chi connectivity index (χ3n) is 3.08. The molecule has 0 heterocycles. The van der Waals surface area contributed by atoms with Crippen molar-refractivity contribution in [2.45, 2.75) is 43.8 Å². The SMILES string of the molecule is SCCCO[Si](CCCS)(CCCS)CCCS. The number of thiol groups is 4. The van der Waals surface area contributed by atoms with Gasteiger partial charge in [0.2, 0.25) is 0 Å². The number of rotatable bonds is 13. The molecule has 0 radical (unpaired) electrons. The second-order valence-corrected chi connectivity index (χ2v) is 10.5. The van der Waals surface area contributed by atoms with E-state index in [1.165, 1.54) is 37.4 Å². The topological polar surface area (TPSA) is 9.23 Å². The fourth-order valence-electron chi connectivity index (χ4n) is 2.15. The molecule has 1 nitrogen and oxygen atoms in total. The Morgan fingerprint density at radius 2 is 1.00 bits per heavy atom. The molecule has 0 fully saturated rings. The molecule has 0 aliphatic rings. The highest BCUT2D eigenvalue weighted by molar-refractivity contribution is 7.80. The van der Waals surface area contributed by atoms with E-state index in [9.17, 15) is 0 Å². The van der Waals surface area contributed by atoms with Gasteiger partial charge in [-0.15, -0.1) is 0 Å². The zero-order chi connectivity index (χ0) is 13.7. The van der Waals surface area contributed by atoms with Crippen molar-refractivity contribution in [2.75, 3.05) is 29.6 Å². The average molecular weight is 345 g/mol. The third-order valence-corrected chi connectivity index (χ3v) is 8.96. The van der Waals surface area contributed by atoms with Crippen LogP contribution in [0.25, 0.3) is 0 Å². The van der Waals surface area contributed by atoms with Gasteiger partial charge in [-0.05, 0) is 66.8 Å². The van der Waals surface area contributed by atoms with Gasteiger partial charge in [-0.25, -0.2) is 0 Å². The first-order valence-corrected chi connectivity index (χ1v) is 11.9. The molecule has 0 aromatic carbocycles. The molecule has 0 aromatic rings. The molecule has 0 N–H and O–H groups in total. The second-order valence-electron chi connectivity index (χ2n) is 4.59. The summed E-state index contributed by atoms with van der Waals surface area (Å²) in [6.45, 7) is 0.876. The second kappa shape index (κ2) is 13.6. The minimum absolute atomic E-state index is 0.876. The number of hydrogen-bond acceptors (Lipinski definition) is 5. The number of hydrogen-bond donors (Lipinski definition) is 4. The molecule has 0 saturated carbocycles. The highest BCUT2D eigenvalue weighted by atomic mass is 32.1. The van der Waals surface area contributed by atoms with E-state index in [2.05, 4.69) is 50.5 Å². The Kier molecular flexibility index (Phi) is 14.7. The van der Waals surface area contributed by atoms with Crippen LogP contribution < -0.4 is 0 Å². The van der Waals surface area contributed by atoms with Crippen molar-refractivity contribution in [3.05, 3.63) is 0 Å². The normalized spacial score (nSPS) is 12.0. The molecule has 0 aliphatic heterocycles. The molecule has 0 aromatic heterocycles. The lowest BCUT2D eigenvalue weighted by Crippen LogP contribution is -2.39. The summed E-state index contributed by atoms with van der Waals surface area (Å²) < 4.78 is 6.36. The van der Waals surface area contributed by atoms with E-state index in [1.807, 2.05) is 0 Å². The summed E-state index contributed by atoms with van der Waals surface area (Å²) in [4.78, 5) is 0. The van der Waals surface area contributed by atoms with Gasteiger partial charge in [-0.2, -0.15) is 50.5 Å². The summed E-state index contributed by atoms with van der Waals surface area (Å²) in [5, 5.41) is 0. The van der Waals surface area contributed by atoms with Gasteiger partial charge in [-0.3, -0.25) is 0 Å². The first kappa shape index (κ1) is 19.6. The smallest absolute Gasteiger partial charge is 0.192 e. The van der Waals surface area contributed by atoms with Crippen LogP contribution in [0.15, 0.2) is 0 Å². The van der Waals surface area contributed by atoms with Crippen LogP contribution in [0.4, 0.5) is 0 Å². The van der Waals surface area contributed by atoms with Crippen LogP contribution in [0.1, 0.15) is 25.7 Å². The van der Waals surface area contributed by atoms with Gasteiger partial charge in [0.15, 0.2) is 8.32 Å². The van der Waals surface area contributed by atoms with Crippen LogP contribution in [0.2, 0.25) is 18.1 Å². The lowest BCUT2D eigenvalue weighted by Gasteiger charge is -2.31. The van der Waals surface area contributed by atoms with E-state index in [0.717, 1.165) is 36.0 Å². The first-order chi connectivity index (χ1) is 8.74. The summed E-state index contributed by atoms with van der Waals surface area (Å²) in [5.74, 6) is 3.81. The van der Waals surface area contributed by atoms with E-state index in [0.29, 0.717) is 0 Å². The summed E-state index contributed by atoms with van der Waals surface area (Å²) >= 11 is 17.3. The summed E-state index contributed by atoms with van der Waals surface area (Å²) in [7, 11) is -1.58. The monoisotopic (exact) mass is 344 g/mol. The van der Waals surface area contributed by atoms with Crippen molar-refractivity contribution >= 4 is 58.8 Å². The standard InChI is InChI=1S/C12H28OS4Si/c14-6-1-5-13-18(10-2-7-15,11-3-8-16)12-4-9-17/h14-17H,1-12H2. The quantitative estimate of drug-likeness (QED) is 0.222. The Labute approximate surface area is 136 Å².